The minimum absolute atomic E-state index is 0.267. The lowest BCUT2D eigenvalue weighted by Crippen LogP contribution is -2.48. The van der Waals surface area contributed by atoms with E-state index in [1.54, 1.807) is 0 Å². The summed E-state index contributed by atoms with van der Waals surface area (Å²) >= 11 is 0. The highest BCUT2D eigenvalue weighted by molar-refractivity contribution is 5.94. The molecule has 0 spiro atoms. The molecule has 1 saturated heterocycles. The number of nitrogens with one attached hydrogen (secondary N) is 2. The summed E-state index contributed by atoms with van der Waals surface area (Å²) in [4.78, 5) is 15.1. The van der Waals surface area contributed by atoms with Crippen molar-refractivity contribution in [3.63, 3.8) is 0 Å². The van der Waals surface area contributed by atoms with Gasteiger partial charge in [0.25, 0.3) is 0 Å². The van der Waals surface area contributed by atoms with Crippen molar-refractivity contribution in [2.24, 2.45) is 5.92 Å². The van der Waals surface area contributed by atoms with Crippen LogP contribution >= 0.6 is 0 Å². The van der Waals surface area contributed by atoms with E-state index in [1.165, 1.54) is 0 Å². The molecule has 2 N–H and O–H groups in total. The molecule has 0 aromatic carbocycles. The van der Waals surface area contributed by atoms with Gasteiger partial charge in [-0.25, -0.2) is 0 Å². The van der Waals surface area contributed by atoms with Crippen LogP contribution < -0.4 is 10.6 Å². The molecule has 1 aromatic rings. The van der Waals surface area contributed by atoms with Gasteiger partial charge in [0.05, 0.1) is 23.4 Å². The summed E-state index contributed by atoms with van der Waals surface area (Å²) < 4.78 is 37.8. The summed E-state index contributed by atoms with van der Waals surface area (Å²) in [6.45, 7) is 0.987. The molecule has 0 unspecified atom stereocenters. The average Bonchev–Trinajstić information content (AvgIpc) is 2.13. The maximum atomic E-state index is 12.6. The zero-order valence-corrected chi connectivity index (χ0v) is 8.71. The van der Waals surface area contributed by atoms with Gasteiger partial charge in [0.1, 0.15) is 0 Å². The monoisotopic (exact) mass is 245 g/mol. The van der Waals surface area contributed by atoms with E-state index < -0.39 is 17.6 Å². The van der Waals surface area contributed by atoms with Crippen molar-refractivity contribution in [1.82, 2.24) is 10.3 Å². The molecule has 1 amide bonds. The highest BCUT2D eigenvalue weighted by Gasteiger charge is 2.35. The number of halogens is 3. The van der Waals surface area contributed by atoms with E-state index >= 15 is 0 Å². The van der Waals surface area contributed by atoms with Gasteiger partial charge in [0.15, 0.2) is 0 Å². The summed E-state index contributed by atoms with van der Waals surface area (Å²) in [6.07, 6.45) is -2.44. The Morgan fingerprint density at radius 3 is 2.71 bits per heavy atom. The lowest BCUT2D eigenvalue weighted by molar-refractivity contribution is -0.137. The van der Waals surface area contributed by atoms with Crippen LogP contribution in [0.1, 0.15) is 5.56 Å². The van der Waals surface area contributed by atoms with E-state index in [9.17, 15) is 18.0 Å². The highest BCUT2D eigenvalue weighted by atomic mass is 19.4. The molecule has 7 heteroatoms. The summed E-state index contributed by atoms with van der Waals surface area (Å²) in [5, 5.41) is 5.13. The van der Waals surface area contributed by atoms with E-state index in [2.05, 4.69) is 15.6 Å². The molecule has 2 heterocycles. The maximum absolute atomic E-state index is 12.6. The minimum Gasteiger partial charge on any atom is -0.324 e. The lowest BCUT2D eigenvalue weighted by atomic mass is 10.0. The van der Waals surface area contributed by atoms with E-state index in [4.69, 9.17) is 0 Å². The molecule has 0 bridgehead atoms. The number of carbonyl (C=O) groups excluding carboxylic acids is 1. The molecular weight excluding hydrogens is 235 g/mol. The van der Waals surface area contributed by atoms with Gasteiger partial charge >= 0.3 is 6.18 Å². The van der Waals surface area contributed by atoms with Gasteiger partial charge in [-0.3, -0.25) is 9.78 Å². The molecule has 1 fully saturated rings. The average molecular weight is 245 g/mol. The molecular formula is C10H10F3N3O. The molecule has 1 aromatic heterocycles. The zero-order chi connectivity index (χ0) is 12.5. The second-order valence-electron chi connectivity index (χ2n) is 3.76. The molecule has 17 heavy (non-hydrogen) atoms. The number of pyridine rings is 1. The second kappa shape index (κ2) is 4.33. The van der Waals surface area contributed by atoms with Crippen molar-refractivity contribution in [3.8, 4) is 0 Å². The molecule has 2 rings (SSSR count). The maximum Gasteiger partial charge on any atom is 0.418 e. The molecule has 4 nitrogen and oxygen atoms in total. The lowest BCUT2D eigenvalue weighted by Gasteiger charge is -2.26. The van der Waals surface area contributed by atoms with E-state index in [0.29, 0.717) is 13.1 Å². The van der Waals surface area contributed by atoms with E-state index in [1.807, 2.05) is 0 Å². The van der Waals surface area contributed by atoms with Crippen LogP contribution in [0.2, 0.25) is 0 Å². The molecule has 1 aliphatic heterocycles. The highest BCUT2D eigenvalue weighted by Crippen LogP contribution is 2.34. The van der Waals surface area contributed by atoms with Crippen molar-refractivity contribution < 1.29 is 18.0 Å². The summed E-state index contributed by atoms with van der Waals surface area (Å²) in [7, 11) is 0. The van der Waals surface area contributed by atoms with Crippen molar-refractivity contribution in [3.05, 3.63) is 24.0 Å². The Balaban J connectivity index is 2.17. The molecule has 0 saturated carbocycles. The molecule has 0 atom stereocenters. The van der Waals surface area contributed by atoms with Crippen molar-refractivity contribution in [2.75, 3.05) is 18.4 Å². The van der Waals surface area contributed by atoms with Crippen molar-refractivity contribution in [1.29, 1.82) is 0 Å². The van der Waals surface area contributed by atoms with Crippen LogP contribution in [0.3, 0.4) is 0 Å². The van der Waals surface area contributed by atoms with Gasteiger partial charge in [-0.05, 0) is 6.07 Å². The first-order valence-electron chi connectivity index (χ1n) is 5.01. The first-order valence-corrected chi connectivity index (χ1v) is 5.01. The third kappa shape index (κ3) is 2.55. The predicted molar refractivity (Wildman–Crippen MR) is 54.2 cm³/mol. The second-order valence-corrected chi connectivity index (χ2v) is 3.76. The van der Waals surface area contributed by atoms with E-state index in [0.717, 1.165) is 18.5 Å². The smallest absolute Gasteiger partial charge is 0.324 e. The Hall–Kier alpha value is -1.63. The summed E-state index contributed by atoms with van der Waals surface area (Å²) in [5.74, 6) is -0.682. The van der Waals surface area contributed by atoms with Crippen LogP contribution in [0, 0.1) is 5.92 Å². The predicted octanol–water partition coefficient (Wildman–Crippen LogP) is 1.26. The summed E-state index contributed by atoms with van der Waals surface area (Å²) in [5.41, 5.74) is -1.18. The van der Waals surface area contributed by atoms with Crippen molar-refractivity contribution in [2.45, 2.75) is 6.18 Å². The van der Waals surface area contributed by atoms with Gasteiger partial charge in [0.2, 0.25) is 5.91 Å². The Labute approximate surface area is 95.2 Å². The fourth-order valence-corrected chi connectivity index (χ4v) is 1.45. The van der Waals surface area contributed by atoms with Crippen LogP contribution in [0.15, 0.2) is 18.5 Å². The molecule has 1 aliphatic rings. The fraction of sp³-hybridized carbons (Fsp3) is 0.400. The van der Waals surface area contributed by atoms with Gasteiger partial charge < -0.3 is 10.6 Å². The number of amides is 1. The number of rotatable bonds is 2. The Bertz CT molecular complexity index is 429. The van der Waals surface area contributed by atoms with Crippen molar-refractivity contribution >= 4 is 11.6 Å². The van der Waals surface area contributed by atoms with Crippen LogP contribution in [0.5, 0.6) is 0 Å². The summed E-state index contributed by atoms with van der Waals surface area (Å²) in [6, 6.07) is 0.842. The number of carbonyl (C=O) groups is 1. The normalized spacial score (nSPS) is 16.4. The zero-order valence-electron chi connectivity index (χ0n) is 8.71. The Morgan fingerprint density at radius 1 is 1.47 bits per heavy atom. The number of hydrogen-bond acceptors (Lipinski definition) is 3. The number of nitrogens with zero attached hydrogens (tertiary/aromatic N) is 1. The largest absolute Gasteiger partial charge is 0.418 e. The van der Waals surface area contributed by atoms with Crippen LogP contribution in [-0.4, -0.2) is 24.0 Å². The minimum atomic E-state index is -4.50. The number of anilines is 1. The first kappa shape index (κ1) is 11.8. The number of hydrogen-bond donors (Lipinski definition) is 2. The third-order valence-corrected chi connectivity index (χ3v) is 2.54. The van der Waals surface area contributed by atoms with Gasteiger partial charge in [-0.15, -0.1) is 0 Å². The van der Waals surface area contributed by atoms with Gasteiger partial charge in [-0.2, -0.15) is 13.2 Å². The molecule has 92 valence electrons. The van der Waals surface area contributed by atoms with Crippen LogP contribution in [-0.2, 0) is 11.0 Å². The SMILES string of the molecule is O=C(Nc1cnccc1C(F)(F)F)C1CNC1. The third-order valence-electron chi connectivity index (χ3n) is 2.54. The molecule has 0 radical (unpaired) electrons. The Kier molecular flexibility index (Phi) is 3.01. The van der Waals surface area contributed by atoms with Crippen LogP contribution in [0.25, 0.3) is 0 Å². The van der Waals surface area contributed by atoms with Gasteiger partial charge in [0, 0.05) is 19.3 Å². The van der Waals surface area contributed by atoms with Gasteiger partial charge in [-0.1, -0.05) is 0 Å². The first-order chi connectivity index (χ1) is 7.98. The number of aromatic nitrogens is 1. The fourth-order valence-electron chi connectivity index (χ4n) is 1.45. The quantitative estimate of drug-likeness (QED) is 0.824. The Morgan fingerprint density at radius 2 is 2.18 bits per heavy atom. The van der Waals surface area contributed by atoms with Crippen LogP contribution in [0.4, 0.5) is 18.9 Å². The standard InChI is InChI=1S/C10H10F3N3O/c11-10(12,13)7-1-2-14-5-8(7)16-9(17)6-3-15-4-6/h1-2,5-6,15H,3-4H2,(H,16,17). The van der Waals surface area contributed by atoms with E-state index in [-0.39, 0.29) is 11.6 Å². The molecule has 0 aliphatic carbocycles. The number of alkyl halides is 3. The topological polar surface area (TPSA) is 54.0 Å².